The van der Waals surface area contributed by atoms with Crippen LogP contribution in [-0.4, -0.2) is 41.1 Å². The molecule has 0 unspecified atom stereocenters. The van der Waals surface area contributed by atoms with Crippen LogP contribution >= 0.6 is 0 Å². The van der Waals surface area contributed by atoms with Crippen LogP contribution in [0.1, 0.15) is 30.1 Å². The van der Waals surface area contributed by atoms with Crippen LogP contribution in [0.3, 0.4) is 0 Å². The number of para-hydroxylation sites is 2. The first kappa shape index (κ1) is 19.4. The number of nitrogens with one attached hydrogen (secondary N) is 2. The Bertz CT molecular complexity index is 1190. The Morgan fingerprint density at radius 2 is 1.87 bits per heavy atom. The summed E-state index contributed by atoms with van der Waals surface area (Å²) < 4.78 is 5.28. The monoisotopic (exact) mass is 414 g/mol. The highest BCUT2D eigenvalue weighted by Crippen LogP contribution is 2.28. The molecule has 0 atom stereocenters. The highest BCUT2D eigenvalue weighted by Gasteiger charge is 2.25. The van der Waals surface area contributed by atoms with Crippen molar-refractivity contribution in [3.05, 3.63) is 72.1 Å². The Balaban J connectivity index is 1.17. The van der Waals surface area contributed by atoms with Crippen molar-refractivity contribution in [3.8, 4) is 5.75 Å². The van der Waals surface area contributed by atoms with Crippen molar-refractivity contribution in [2.45, 2.75) is 25.3 Å². The molecule has 1 aliphatic rings. The van der Waals surface area contributed by atoms with Gasteiger partial charge in [0.15, 0.2) is 0 Å². The number of piperidine rings is 1. The average Bonchev–Trinajstić information content (AvgIpc) is 3.26. The minimum Gasteiger partial charge on any atom is -0.497 e. The van der Waals surface area contributed by atoms with Gasteiger partial charge in [-0.15, -0.1) is 0 Å². The van der Waals surface area contributed by atoms with E-state index in [4.69, 9.17) is 9.72 Å². The summed E-state index contributed by atoms with van der Waals surface area (Å²) in [4.78, 5) is 22.8. The Kier molecular flexibility index (Phi) is 5.20. The third kappa shape index (κ3) is 4.06. The number of H-pyrrole nitrogens is 1. The highest BCUT2D eigenvalue weighted by molar-refractivity contribution is 5.84. The number of urea groups is 1. The molecular weight excluding hydrogens is 388 g/mol. The number of fused-ring (bicyclic) bond motifs is 2. The number of ether oxygens (including phenoxy) is 1. The van der Waals surface area contributed by atoms with Crippen LogP contribution < -0.4 is 10.1 Å². The van der Waals surface area contributed by atoms with Gasteiger partial charge in [-0.25, -0.2) is 9.78 Å². The van der Waals surface area contributed by atoms with E-state index in [-0.39, 0.29) is 6.03 Å². The number of hydrogen-bond acceptors (Lipinski definition) is 3. The summed E-state index contributed by atoms with van der Waals surface area (Å²) in [6, 6.07) is 20.4. The normalized spacial score (nSPS) is 14.8. The molecule has 31 heavy (non-hydrogen) atoms. The standard InChI is InChI=1S/C25H26N4O2/c1-31-21-9-8-19-14-17(6-7-20(19)15-21)16-26-25(30)29-12-10-18(11-13-29)24-27-22-4-2-3-5-23(22)28-24/h2-9,14-15,18H,10-13,16H2,1H3,(H,26,30)(H,27,28). The molecule has 1 fully saturated rings. The molecule has 6 nitrogen and oxygen atoms in total. The topological polar surface area (TPSA) is 70.2 Å². The van der Waals surface area contributed by atoms with Gasteiger partial charge < -0.3 is 19.9 Å². The quantitative estimate of drug-likeness (QED) is 0.503. The number of aromatic amines is 1. The average molecular weight is 415 g/mol. The lowest BCUT2D eigenvalue weighted by Crippen LogP contribution is -2.43. The maximum Gasteiger partial charge on any atom is 0.317 e. The zero-order valence-corrected chi connectivity index (χ0v) is 17.6. The summed E-state index contributed by atoms with van der Waals surface area (Å²) in [5, 5.41) is 5.34. The maximum absolute atomic E-state index is 12.7. The second kappa shape index (κ2) is 8.30. The van der Waals surface area contributed by atoms with E-state index in [1.807, 2.05) is 41.3 Å². The number of likely N-dealkylation sites (tertiary alicyclic amines) is 1. The van der Waals surface area contributed by atoms with Gasteiger partial charge in [0.1, 0.15) is 11.6 Å². The SMILES string of the molecule is COc1ccc2cc(CNC(=O)N3CCC(c4nc5ccccc5[nH]4)CC3)ccc2c1. The second-order valence-corrected chi connectivity index (χ2v) is 8.11. The molecule has 2 heterocycles. The van der Waals surface area contributed by atoms with Gasteiger partial charge in [0.2, 0.25) is 0 Å². The molecule has 1 aliphatic heterocycles. The van der Waals surface area contributed by atoms with E-state index in [9.17, 15) is 4.79 Å². The molecular formula is C25H26N4O2. The number of aromatic nitrogens is 2. The predicted octanol–water partition coefficient (Wildman–Crippen LogP) is 4.81. The van der Waals surface area contributed by atoms with E-state index in [0.29, 0.717) is 12.5 Å². The summed E-state index contributed by atoms with van der Waals surface area (Å²) >= 11 is 0. The molecule has 0 bridgehead atoms. The first-order valence-electron chi connectivity index (χ1n) is 10.7. The van der Waals surface area contributed by atoms with Gasteiger partial charge in [0, 0.05) is 25.6 Å². The van der Waals surface area contributed by atoms with Crippen LogP contribution in [0.2, 0.25) is 0 Å². The van der Waals surface area contributed by atoms with Crippen molar-refractivity contribution in [2.24, 2.45) is 0 Å². The van der Waals surface area contributed by atoms with Crippen LogP contribution in [0.4, 0.5) is 4.79 Å². The number of amides is 2. The summed E-state index contributed by atoms with van der Waals surface area (Å²) in [7, 11) is 1.67. The molecule has 2 amide bonds. The third-order valence-electron chi connectivity index (χ3n) is 6.13. The lowest BCUT2D eigenvalue weighted by atomic mass is 9.96. The molecule has 1 saturated heterocycles. The Hall–Kier alpha value is -3.54. The number of benzene rings is 3. The van der Waals surface area contributed by atoms with E-state index in [0.717, 1.165) is 64.9 Å². The molecule has 3 aromatic carbocycles. The first-order valence-corrected chi connectivity index (χ1v) is 10.7. The zero-order valence-electron chi connectivity index (χ0n) is 17.6. The van der Waals surface area contributed by atoms with Crippen LogP contribution in [0.15, 0.2) is 60.7 Å². The van der Waals surface area contributed by atoms with E-state index in [1.165, 1.54) is 0 Å². The smallest absolute Gasteiger partial charge is 0.317 e. The predicted molar refractivity (Wildman–Crippen MR) is 122 cm³/mol. The van der Waals surface area contributed by atoms with E-state index in [2.05, 4.69) is 34.6 Å². The van der Waals surface area contributed by atoms with Crippen LogP contribution in [0.5, 0.6) is 5.75 Å². The molecule has 6 heteroatoms. The third-order valence-corrected chi connectivity index (χ3v) is 6.13. The van der Waals surface area contributed by atoms with Gasteiger partial charge in [-0.3, -0.25) is 0 Å². The molecule has 0 saturated carbocycles. The fourth-order valence-corrected chi connectivity index (χ4v) is 4.32. The summed E-state index contributed by atoms with van der Waals surface area (Å²) in [6.07, 6.45) is 1.84. The van der Waals surface area contributed by atoms with Crippen molar-refractivity contribution in [2.75, 3.05) is 20.2 Å². The minimum absolute atomic E-state index is 0.00196. The van der Waals surface area contributed by atoms with E-state index in [1.54, 1.807) is 7.11 Å². The van der Waals surface area contributed by atoms with E-state index < -0.39 is 0 Å². The van der Waals surface area contributed by atoms with Gasteiger partial charge in [0.05, 0.1) is 18.1 Å². The number of carbonyl (C=O) groups is 1. The molecule has 4 aromatic rings. The largest absolute Gasteiger partial charge is 0.497 e. The Morgan fingerprint density at radius 3 is 2.68 bits per heavy atom. The Labute approximate surface area is 181 Å². The molecule has 5 rings (SSSR count). The number of hydrogen-bond donors (Lipinski definition) is 2. The number of nitrogens with zero attached hydrogens (tertiary/aromatic N) is 2. The summed E-state index contributed by atoms with van der Waals surface area (Å²) in [5.74, 6) is 2.25. The van der Waals surface area contributed by atoms with E-state index >= 15 is 0 Å². The fourth-order valence-electron chi connectivity index (χ4n) is 4.32. The summed E-state index contributed by atoms with van der Waals surface area (Å²) in [5.41, 5.74) is 3.17. The maximum atomic E-state index is 12.7. The van der Waals surface area contributed by atoms with Gasteiger partial charge >= 0.3 is 6.03 Å². The summed E-state index contributed by atoms with van der Waals surface area (Å²) in [6.45, 7) is 2.00. The van der Waals surface area contributed by atoms with Crippen LogP contribution in [0.25, 0.3) is 21.8 Å². The highest BCUT2D eigenvalue weighted by atomic mass is 16.5. The minimum atomic E-state index is -0.00196. The lowest BCUT2D eigenvalue weighted by Gasteiger charge is -2.31. The Morgan fingerprint density at radius 1 is 1.10 bits per heavy atom. The van der Waals surface area contributed by atoms with Gasteiger partial charge in [-0.2, -0.15) is 0 Å². The molecule has 158 valence electrons. The van der Waals surface area contributed by atoms with Crippen molar-refractivity contribution in [3.63, 3.8) is 0 Å². The van der Waals surface area contributed by atoms with Gasteiger partial charge in [0.25, 0.3) is 0 Å². The molecule has 0 aliphatic carbocycles. The van der Waals surface area contributed by atoms with Crippen LogP contribution in [0, 0.1) is 0 Å². The molecule has 0 spiro atoms. The van der Waals surface area contributed by atoms with Gasteiger partial charge in [-0.05, 0) is 59.5 Å². The molecule has 0 radical (unpaired) electrons. The molecule has 2 N–H and O–H groups in total. The van der Waals surface area contributed by atoms with Gasteiger partial charge in [-0.1, -0.05) is 30.3 Å². The number of carbonyl (C=O) groups excluding carboxylic acids is 1. The zero-order chi connectivity index (χ0) is 21.2. The fraction of sp³-hybridized carbons (Fsp3) is 0.280. The van der Waals surface area contributed by atoms with Crippen molar-refractivity contribution in [1.29, 1.82) is 0 Å². The van der Waals surface area contributed by atoms with Crippen molar-refractivity contribution < 1.29 is 9.53 Å². The number of methoxy groups -OCH3 is 1. The lowest BCUT2D eigenvalue weighted by molar-refractivity contribution is 0.180. The number of rotatable bonds is 4. The van der Waals surface area contributed by atoms with Crippen molar-refractivity contribution in [1.82, 2.24) is 20.2 Å². The molecule has 1 aromatic heterocycles. The van der Waals surface area contributed by atoms with Crippen LogP contribution in [-0.2, 0) is 6.54 Å². The second-order valence-electron chi connectivity index (χ2n) is 8.11. The van der Waals surface area contributed by atoms with Crippen molar-refractivity contribution >= 4 is 27.8 Å². The first-order chi connectivity index (χ1) is 15.2. The number of imidazole rings is 1.